The maximum Gasteiger partial charge on any atom is 0.0876 e. The van der Waals surface area contributed by atoms with Gasteiger partial charge in [-0.15, -0.1) is 0 Å². The van der Waals surface area contributed by atoms with E-state index in [0.29, 0.717) is 0 Å². The second-order valence-electron chi connectivity index (χ2n) is 4.07. The molecule has 0 aromatic heterocycles. The first kappa shape index (κ1) is 11.5. The van der Waals surface area contributed by atoms with Crippen molar-refractivity contribution in [3.63, 3.8) is 0 Å². The van der Waals surface area contributed by atoms with E-state index in [2.05, 4.69) is 0 Å². The molecule has 0 saturated heterocycles. The molecule has 86 valence electrons. The van der Waals surface area contributed by atoms with Crippen molar-refractivity contribution < 1.29 is 4.74 Å². The van der Waals surface area contributed by atoms with Gasteiger partial charge >= 0.3 is 0 Å². The fraction of sp³-hybridized carbons (Fsp3) is 0.385. The quantitative estimate of drug-likeness (QED) is 0.878. The highest BCUT2D eigenvalue weighted by molar-refractivity contribution is 6.31. The predicted octanol–water partition coefficient (Wildman–Crippen LogP) is 2.90. The van der Waals surface area contributed by atoms with Crippen LogP contribution in [-0.2, 0) is 11.2 Å². The van der Waals surface area contributed by atoms with E-state index in [1.54, 1.807) is 0 Å². The molecule has 0 amide bonds. The van der Waals surface area contributed by atoms with Crippen molar-refractivity contribution in [1.29, 1.82) is 0 Å². The average Bonchev–Trinajstić information content (AvgIpc) is 2.33. The molecule has 2 N–H and O–H groups in total. The Balaban J connectivity index is 2.04. The van der Waals surface area contributed by atoms with Crippen molar-refractivity contribution in [1.82, 2.24) is 0 Å². The topological polar surface area (TPSA) is 35.2 Å². The molecule has 1 aromatic carbocycles. The molecule has 0 spiro atoms. The molecule has 16 heavy (non-hydrogen) atoms. The fourth-order valence-corrected chi connectivity index (χ4v) is 2.10. The highest BCUT2D eigenvalue weighted by Crippen LogP contribution is 2.21. The summed E-state index contributed by atoms with van der Waals surface area (Å²) in [6.07, 6.45) is 4.67. The molecule has 1 heterocycles. The van der Waals surface area contributed by atoms with Gasteiger partial charge in [-0.2, -0.15) is 0 Å². The minimum Gasteiger partial charge on any atom is -0.501 e. The lowest BCUT2D eigenvalue weighted by Crippen LogP contribution is -2.27. The van der Waals surface area contributed by atoms with E-state index in [9.17, 15) is 0 Å². The minimum absolute atomic E-state index is 0.0141. The van der Waals surface area contributed by atoms with E-state index < -0.39 is 0 Å². The highest BCUT2D eigenvalue weighted by atomic mass is 35.5. The maximum atomic E-state index is 6.14. The van der Waals surface area contributed by atoms with Crippen LogP contribution in [0.4, 0.5) is 0 Å². The lowest BCUT2D eigenvalue weighted by Gasteiger charge is -2.20. The summed E-state index contributed by atoms with van der Waals surface area (Å²) < 4.78 is 5.30. The van der Waals surface area contributed by atoms with Crippen molar-refractivity contribution in [3.05, 3.63) is 46.7 Å². The van der Waals surface area contributed by atoms with Gasteiger partial charge < -0.3 is 10.5 Å². The minimum atomic E-state index is 0.0141. The summed E-state index contributed by atoms with van der Waals surface area (Å²) in [7, 11) is 0. The first-order chi connectivity index (χ1) is 7.77. The van der Waals surface area contributed by atoms with Gasteiger partial charge in [0, 0.05) is 11.1 Å². The summed E-state index contributed by atoms with van der Waals surface area (Å²) in [4.78, 5) is 0. The monoisotopic (exact) mass is 237 g/mol. The van der Waals surface area contributed by atoms with Gasteiger partial charge in [-0.1, -0.05) is 29.8 Å². The Bertz CT molecular complexity index is 389. The Labute approximate surface area is 101 Å². The smallest absolute Gasteiger partial charge is 0.0876 e. The number of ether oxygens (including phenoxy) is 1. The summed E-state index contributed by atoms with van der Waals surface area (Å²) in [5.41, 5.74) is 8.43. The SMILES string of the molecule is NC(Cc1ccccc1Cl)C1=COCCC1. The fourth-order valence-electron chi connectivity index (χ4n) is 1.89. The molecular weight excluding hydrogens is 222 g/mol. The molecular formula is C13H16ClNO. The Morgan fingerprint density at radius 3 is 2.88 bits per heavy atom. The van der Waals surface area contributed by atoms with Gasteiger partial charge in [-0.3, -0.25) is 0 Å². The van der Waals surface area contributed by atoms with Crippen LogP contribution in [0.5, 0.6) is 0 Å². The van der Waals surface area contributed by atoms with E-state index in [0.717, 1.165) is 36.5 Å². The van der Waals surface area contributed by atoms with Crippen LogP contribution >= 0.6 is 11.6 Å². The lowest BCUT2D eigenvalue weighted by atomic mass is 9.96. The average molecular weight is 238 g/mol. The summed E-state index contributed by atoms with van der Waals surface area (Å²) in [5, 5.41) is 0.787. The van der Waals surface area contributed by atoms with Crippen molar-refractivity contribution >= 4 is 11.6 Å². The van der Waals surface area contributed by atoms with E-state index in [1.165, 1.54) is 5.57 Å². The van der Waals surface area contributed by atoms with Crippen LogP contribution in [0.1, 0.15) is 18.4 Å². The third-order valence-corrected chi connectivity index (χ3v) is 3.21. The molecule has 1 aliphatic rings. The third kappa shape index (κ3) is 2.77. The summed E-state index contributed by atoms with van der Waals surface area (Å²) in [5.74, 6) is 0. The Morgan fingerprint density at radius 2 is 2.19 bits per heavy atom. The van der Waals surface area contributed by atoms with Gasteiger partial charge in [-0.05, 0) is 36.5 Å². The lowest BCUT2D eigenvalue weighted by molar-refractivity contribution is 0.221. The highest BCUT2D eigenvalue weighted by Gasteiger charge is 2.14. The van der Waals surface area contributed by atoms with Crippen LogP contribution in [0.25, 0.3) is 0 Å². The number of benzene rings is 1. The van der Waals surface area contributed by atoms with Crippen LogP contribution in [0.15, 0.2) is 36.1 Å². The number of rotatable bonds is 3. The van der Waals surface area contributed by atoms with Gasteiger partial charge in [-0.25, -0.2) is 0 Å². The van der Waals surface area contributed by atoms with E-state index in [4.69, 9.17) is 22.1 Å². The van der Waals surface area contributed by atoms with Crippen molar-refractivity contribution in [2.24, 2.45) is 5.73 Å². The molecule has 0 fully saturated rings. The maximum absolute atomic E-state index is 6.14. The Kier molecular flexibility index (Phi) is 3.86. The summed E-state index contributed by atoms with van der Waals surface area (Å²) >= 11 is 6.10. The third-order valence-electron chi connectivity index (χ3n) is 2.84. The van der Waals surface area contributed by atoms with Gasteiger partial charge in [0.2, 0.25) is 0 Å². The van der Waals surface area contributed by atoms with Gasteiger partial charge in [0.05, 0.1) is 12.9 Å². The molecule has 1 aliphatic heterocycles. The van der Waals surface area contributed by atoms with Crippen LogP contribution in [0, 0.1) is 0 Å². The largest absolute Gasteiger partial charge is 0.501 e. The Morgan fingerprint density at radius 1 is 1.38 bits per heavy atom. The van der Waals surface area contributed by atoms with Crippen LogP contribution < -0.4 is 5.73 Å². The number of hydrogen-bond acceptors (Lipinski definition) is 2. The molecule has 3 heteroatoms. The van der Waals surface area contributed by atoms with Gasteiger partial charge in [0.15, 0.2) is 0 Å². The van der Waals surface area contributed by atoms with Crippen molar-refractivity contribution in [2.75, 3.05) is 6.61 Å². The zero-order chi connectivity index (χ0) is 11.4. The molecule has 1 aromatic rings. The van der Waals surface area contributed by atoms with Gasteiger partial charge in [0.1, 0.15) is 0 Å². The second-order valence-corrected chi connectivity index (χ2v) is 4.48. The zero-order valence-electron chi connectivity index (χ0n) is 9.16. The molecule has 1 atom stereocenters. The van der Waals surface area contributed by atoms with Gasteiger partial charge in [0.25, 0.3) is 0 Å². The second kappa shape index (κ2) is 5.37. The molecule has 2 nitrogen and oxygen atoms in total. The van der Waals surface area contributed by atoms with Crippen LogP contribution in [0.2, 0.25) is 5.02 Å². The molecule has 0 radical (unpaired) electrons. The zero-order valence-corrected chi connectivity index (χ0v) is 9.91. The number of hydrogen-bond donors (Lipinski definition) is 1. The first-order valence-electron chi connectivity index (χ1n) is 5.57. The Hall–Kier alpha value is -0.990. The molecule has 2 rings (SSSR count). The normalized spacial score (nSPS) is 17.5. The molecule has 0 saturated carbocycles. The summed E-state index contributed by atoms with van der Waals surface area (Å²) in [6, 6.07) is 7.85. The predicted molar refractivity (Wildman–Crippen MR) is 66.4 cm³/mol. The molecule has 1 unspecified atom stereocenters. The number of nitrogens with two attached hydrogens (primary N) is 1. The number of halogens is 1. The van der Waals surface area contributed by atoms with E-state index in [1.807, 2.05) is 30.5 Å². The van der Waals surface area contributed by atoms with E-state index in [-0.39, 0.29) is 6.04 Å². The van der Waals surface area contributed by atoms with E-state index >= 15 is 0 Å². The van der Waals surface area contributed by atoms with Crippen LogP contribution in [0.3, 0.4) is 0 Å². The molecule has 0 bridgehead atoms. The first-order valence-corrected chi connectivity index (χ1v) is 5.94. The molecule has 0 aliphatic carbocycles. The van der Waals surface area contributed by atoms with Crippen LogP contribution in [-0.4, -0.2) is 12.6 Å². The summed E-state index contributed by atoms with van der Waals surface area (Å²) in [6.45, 7) is 0.808. The van der Waals surface area contributed by atoms with Crippen molar-refractivity contribution in [3.8, 4) is 0 Å². The van der Waals surface area contributed by atoms with Crippen molar-refractivity contribution in [2.45, 2.75) is 25.3 Å². The standard InChI is InChI=1S/C13H16ClNO/c14-12-6-2-1-4-10(12)8-13(15)11-5-3-7-16-9-11/h1-2,4,6,9,13H,3,5,7-8,15H2.